The van der Waals surface area contributed by atoms with E-state index in [2.05, 4.69) is 90.7 Å². The number of benzene rings is 6. The molecule has 0 atom stereocenters. The molecule has 19 rings (SSSR count). The van der Waals surface area contributed by atoms with Crippen molar-refractivity contribution in [2.45, 2.75) is 159 Å². The predicted octanol–water partition coefficient (Wildman–Crippen LogP) is 19.6. The Kier molecular flexibility index (Phi) is 28.5. The zero-order valence-corrected chi connectivity index (χ0v) is 71.5. The van der Waals surface area contributed by atoms with Gasteiger partial charge >= 0.3 is 7.12 Å². The summed E-state index contributed by atoms with van der Waals surface area (Å²) in [5.41, 5.74) is 12.0. The van der Waals surface area contributed by atoms with Gasteiger partial charge in [0.1, 0.15) is 75.1 Å². The lowest BCUT2D eigenvalue weighted by atomic mass is 9.78. The molecule has 7 aliphatic rings. The molecular formula is C88H99BCl3FIN11O15. The normalized spacial score (nSPS) is 19.0. The molecule has 4 aliphatic heterocycles. The zero-order chi connectivity index (χ0) is 82.4. The van der Waals surface area contributed by atoms with E-state index in [0.29, 0.717) is 88.8 Å². The second kappa shape index (κ2) is 38.6. The van der Waals surface area contributed by atoms with Gasteiger partial charge in [-0.25, -0.2) is 40.2 Å². The van der Waals surface area contributed by atoms with E-state index in [-0.39, 0.29) is 43.2 Å². The highest BCUT2D eigenvalue weighted by Gasteiger charge is 2.53. The quantitative estimate of drug-likeness (QED) is 0.0372. The molecule has 3 spiro atoms. The highest BCUT2D eigenvalue weighted by molar-refractivity contribution is 14.1. The molecule has 3 saturated carbocycles. The van der Waals surface area contributed by atoms with Gasteiger partial charge in [-0.05, 0) is 167 Å². The van der Waals surface area contributed by atoms with Crippen LogP contribution in [0, 0.1) is 9.39 Å². The van der Waals surface area contributed by atoms with Gasteiger partial charge in [-0.2, -0.15) is 0 Å². The molecule has 120 heavy (non-hydrogen) atoms. The number of ether oxygens (including phenoxy) is 12. The van der Waals surface area contributed by atoms with Gasteiger partial charge in [0.2, 0.25) is 0 Å². The fourth-order valence-corrected chi connectivity index (χ4v) is 17.8. The molecule has 3 aliphatic carbocycles. The summed E-state index contributed by atoms with van der Waals surface area (Å²) >= 11 is 15.1. The molecule has 0 radical (unpaired) electrons. The van der Waals surface area contributed by atoms with Crippen LogP contribution in [0.5, 0.6) is 51.7 Å². The molecule has 0 bridgehead atoms. The molecule has 0 amide bonds. The van der Waals surface area contributed by atoms with Crippen molar-refractivity contribution in [3.63, 3.8) is 0 Å². The van der Waals surface area contributed by atoms with Crippen LogP contribution in [0.25, 0.3) is 55.4 Å². The Bertz CT molecular complexity index is 5220. The summed E-state index contributed by atoms with van der Waals surface area (Å²) in [4.78, 5) is 26.3. The Morgan fingerprint density at radius 2 is 0.792 bits per heavy atom. The molecule has 7 fully saturated rings. The van der Waals surface area contributed by atoms with Crippen LogP contribution < -0.4 is 45.5 Å². The van der Waals surface area contributed by atoms with E-state index < -0.39 is 35.7 Å². The van der Waals surface area contributed by atoms with Crippen LogP contribution in [0.15, 0.2) is 177 Å². The van der Waals surface area contributed by atoms with Crippen molar-refractivity contribution < 1.29 is 75.7 Å². The molecule has 4 saturated heterocycles. The lowest BCUT2D eigenvalue weighted by molar-refractivity contribution is -0.181. The van der Waals surface area contributed by atoms with Crippen LogP contribution in [0.4, 0.5) is 10.2 Å². The van der Waals surface area contributed by atoms with Crippen molar-refractivity contribution in [1.82, 2.24) is 43.6 Å². The van der Waals surface area contributed by atoms with Crippen LogP contribution in [0.3, 0.4) is 0 Å². The lowest BCUT2D eigenvalue weighted by Crippen LogP contribution is -2.41. The van der Waals surface area contributed by atoms with Crippen molar-refractivity contribution >= 4 is 110 Å². The number of anilines is 1. The maximum Gasteiger partial charge on any atom is 0.497 e. The van der Waals surface area contributed by atoms with Crippen LogP contribution in [-0.4, -0.2) is 145 Å². The van der Waals surface area contributed by atoms with Crippen molar-refractivity contribution in [2.24, 2.45) is 5.90 Å². The first-order valence-corrected chi connectivity index (χ1v) is 41.2. The zero-order valence-electron chi connectivity index (χ0n) is 67.0. The Morgan fingerprint density at radius 1 is 0.450 bits per heavy atom. The average Bonchev–Trinajstić information content (AvgIpc) is 1.62. The van der Waals surface area contributed by atoms with E-state index in [1.54, 1.807) is 32.4 Å². The van der Waals surface area contributed by atoms with E-state index in [9.17, 15) is 4.39 Å². The summed E-state index contributed by atoms with van der Waals surface area (Å²) in [6.07, 6.45) is 22.2. The van der Waals surface area contributed by atoms with Gasteiger partial charge in [-0.15, -0.1) is 12.4 Å². The Hall–Kier alpha value is -9.03. The van der Waals surface area contributed by atoms with Crippen molar-refractivity contribution in [2.75, 3.05) is 66.7 Å². The van der Waals surface area contributed by atoms with Gasteiger partial charge in [0.15, 0.2) is 51.9 Å². The number of halogens is 5. The molecular weight excluding hydrogens is 1710 g/mol. The number of aromatic nitrogens is 9. The smallest absolute Gasteiger partial charge is 0.493 e. The first-order chi connectivity index (χ1) is 57.2. The monoisotopic (exact) mass is 1810 g/mol. The molecule has 10 heterocycles. The molecule has 12 aromatic rings. The van der Waals surface area contributed by atoms with Gasteiger partial charge in [0.05, 0.1) is 88.3 Å². The molecule has 5 N–H and O–H groups in total. The summed E-state index contributed by atoms with van der Waals surface area (Å²) in [5.74, 6) is 7.72. The van der Waals surface area contributed by atoms with E-state index >= 15 is 0 Å². The first kappa shape index (κ1) is 88.8. The van der Waals surface area contributed by atoms with Crippen LogP contribution in [-0.2, 0) is 37.7 Å². The van der Waals surface area contributed by atoms with Gasteiger partial charge in [-0.1, -0.05) is 97.4 Å². The average molecular weight is 1810 g/mol. The Balaban J connectivity index is 0.000000139. The Labute approximate surface area is 726 Å². The van der Waals surface area contributed by atoms with Crippen LogP contribution in [0.1, 0.15) is 130 Å². The first-order valence-electron chi connectivity index (χ1n) is 39.4. The number of nitrogens with zero attached hydrogens (tertiary/aromatic N) is 9. The molecule has 32 heteroatoms. The summed E-state index contributed by atoms with van der Waals surface area (Å²) in [6, 6.07) is 44.1. The number of fused-ring (bicyclic) bond motifs is 3. The molecule has 26 nitrogen and oxygen atoms in total. The number of hydrogen-bond acceptors (Lipinski definition) is 23. The van der Waals surface area contributed by atoms with Gasteiger partial charge < -0.3 is 90.8 Å². The Morgan fingerprint density at radius 3 is 1.19 bits per heavy atom. The van der Waals surface area contributed by atoms with E-state index in [4.69, 9.17) is 100 Å². The summed E-state index contributed by atoms with van der Waals surface area (Å²) in [5, 5.41) is 10.1. The van der Waals surface area contributed by atoms with Gasteiger partial charge in [0.25, 0.3) is 0 Å². The number of hydrogen-bond donors (Lipinski definition) is 3. The number of nitrogens with two attached hydrogens (primary N) is 2. The maximum absolute atomic E-state index is 14.7. The van der Waals surface area contributed by atoms with Crippen LogP contribution >= 0.6 is 58.2 Å². The third kappa shape index (κ3) is 18.9. The van der Waals surface area contributed by atoms with E-state index in [1.807, 2.05) is 143 Å². The van der Waals surface area contributed by atoms with E-state index in [0.717, 1.165) is 161 Å². The topological polar surface area (TPSA) is 294 Å². The molecule has 634 valence electrons. The summed E-state index contributed by atoms with van der Waals surface area (Å²) < 4.78 is 104. The molecule has 6 aromatic carbocycles. The summed E-state index contributed by atoms with van der Waals surface area (Å²) in [7, 11) is 3.99. The predicted molar refractivity (Wildman–Crippen MR) is 468 cm³/mol. The van der Waals surface area contributed by atoms with Crippen molar-refractivity contribution in [3.8, 4) is 74.0 Å². The number of para-hydroxylation sites is 3. The lowest BCUT2D eigenvalue weighted by Gasteiger charge is -2.36. The molecule has 6 aromatic heterocycles. The fourth-order valence-electron chi connectivity index (χ4n) is 16.4. The third-order valence-corrected chi connectivity index (χ3v) is 24.5. The van der Waals surface area contributed by atoms with Crippen molar-refractivity contribution in [3.05, 3.63) is 197 Å². The highest BCUT2D eigenvalue weighted by atomic mass is 127. The van der Waals surface area contributed by atoms with E-state index in [1.165, 1.54) is 32.2 Å². The van der Waals surface area contributed by atoms with Crippen molar-refractivity contribution in [1.29, 1.82) is 0 Å². The number of nitrogen functional groups attached to an aromatic ring is 1. The van der Waals surface area contributed by atoms with Gasteiger partial charge in [-0.3, -0.25) is 0 Å². The number of methoxy groups -OCH3 is 3. The minimum absolute atomic E-state index is 0. The second-order valence-corrected chi connectivity index (χ2v) is 32.5. The number of rotatable bonds is 15. The highest BCUT2D eigenvalue weighted by Crippen LogP contribution is 2.49. The maximum atomic E-state index is 14.7. The third-order valence-electron chi connectivity index (χ3n) is 23.1. The minimum atomic E-state index is -0.801. The fraction of sp³-hybridized carbons (Fsp3) is 0.386. The largest absolute Gasteiger partial charge is 0.497 e. The van der Waals surface area contributed by atoms with Gasteiger partial charge in [0, 0.05) is 101 Å². The summed E-state index contributed by atoms with van der Waals surface area (Å²) in [6.45, 7) is 11.9. The minimum Gasteiger partial charge on any atom is -0.493 e. The van der Waals surface area contributed by atoms with Crippen LogP contribution in [0.2, 0.25) is 10.3 Å². The SMILES string of the molecule is C.COc1cc(-c2cn(C3CCC4(CC3)OCCO4)c3ncnc(Cl)c23)ccc1Oc1ccccc1.COc1cc(-c2cn(C3CCC4(CC3)OCCO4)c3ncnc(N)c23)ccc1Oc1ccccc1.COc1cc(B2OC(C)(C)C(C)(C)O2)c(F)cc1Oc1ccccc1.Cl.Clc1ncnc2c1c(I)cn2C1CCC2(CC1)OCCO2.NO. The second-order valence-electron chi connectivity index (χ2n) is 30.6. The standard InChI is InChI=1S/C27H26ClN3O4.C27H28N4O4.C19H22BFO4.C14H15ClIN3O2.CH4.ClH.H3NO/c2*1-32-23-15-18(7-8-22(23)35-20-5-3-2-4-6-20)21-16-31(26-24(21)25(28)29-17-30-26)19-9-11-27(12-10-19)33-13-14-34-27;1-18(2)19(3,4)25-20(24-18)14-11-16(22-5)17(12-15(14)21)23-13-9-7-6-8-10-13;15-12-11-10(16)7-19(13(11)18-8-17-12)9-1-3-14(4-2-9)20-5-6-21-14;;;1-2/h2-8,15-17,19H,9-14H2,1H3;2-8,15-17,19H,9-14H2,1H3,(H2,28,29,30);6-12H,1-5H3;7-9H,1-6H2;1H4;1H;2H,1H2. The molecule has 0 unspecified atom stereocenters.